The molecule has 2 N–H and O–H groups in total. The molecule has 0 aliphatic rings. The summed E-state index contributed by atoms with van der Waals surface area (Å²) in [6.45, 7) is 7.64. The SMILES string of the molecule is CC(C)=C/N=C\C(C)(C)ON. The quantitative estimate of drug-likeness (QED) is 0.499. The van der Waals surface area contributed by atoms with E-state index in [0.717, 1.165) is 5.57 Å². The van der Waals surface area contributed by atoms with Crippen LogP contribution in [0.2, 0.25) is 0 Å². The highest BCUT2D eigenvalue weighted by Crippen LogP contribution is 2.01. The van der Waals surface area contributed by atoms with Crippen molar-refractivity contribution >= 4 is 6.21 Å². The second kappa shape index (κ2) is 4.26. The Bertz CT molecular complexity index is 167. The minimum absolute atomic E-state index is 0.480. The van der Waals surface area contributed by atoms with Gasteiger partial charge in [0.1, 0.15) is 5.60 Å². The summed E-state index contributed by atoms with van der Waals surface area (Å²) in [7, 11) is 0. The van der Waals surface area contributed by atoms with Crippen LogP contribution in [0.1, 0.15) is 27.7 Å². The minimum atomic E-state index is -0.480. The van der Waals surface area contributed by atoms with E-state index >= 15 is 0 Å². The maximum atomic E-state index is 5.01. The predicted molar refractivity (Wildman–Crippen MR) is 47.3 cm³/mol. The van der Waals surface area contributed by atoms with Gasteiger partial charge in [-0.15, -0.1) is 0 Å². The Kier molecular flexibility index (Phi) is 4.00. The van der Waals surface area contributed by atoms with Crippen molar-refractivity contribution in [2.75, 3.05) is 0 Å². The zero-order chi connectivity index (χ0) is 8.91. The average Bonchev–Trinajstić information content (AvgIpc) is 1.87. The van der Waals surface area contributed by atoms with E-state index in [1.165, 1.54) is 0 Å². The lowest BCUT2D eigenvalue weighted by molar-refractivity contribution is 0.0380. The normalized spacial score (nSPS) is 12.1. The fourth-order valence-electron chi connectivity index (χ4n) is 0.396. The number of nitrogens with two attached hydrogens (primary N) is 1. The molecule has 0 saturated heterocycles. The number of allylic oxidation sites excluding steroid dienone is 1. The molecule has 0 heterocycles. The van der Waals surface area contributed by atoms with E-state index in [2.05, 4.69) is 9.83 Å². The molecule has 3 nitrogen and oxygen atoms in total. The summed E-state index contributed by atoms with van der Waals surface area (Å²) >= 11 is 0. The molecular weight excluding hydrogens is 140 g/mol. The number of nitrogens with zero attached hydrogens (tertiary/aromatic N) is 1. The van der Waals surface area contributed by atoms with Crippen LogP contribution in [0.4, 0.5) is 0 Å². The lowest BCUT2D eigenvalue weighted by atomic mass is 10.2. The molecular formula is C8H16N2O. The Balaban J connectivity index is 4.02. The first-order valence-electron chi connectivity index (χ1n) is 3.53. The van der Waals surface area contributed by atoms with Crippen molar-refractivity contribution in [1.82, 2.24) is 0 Å². The molecule has 0 aliphatic heterocycles. The van der Waals surface area contributed by atoms with Crippen molar-refractivity contribution in [2.45, 2.75) is 33.3 Å². The number of hydrogen-bond donors (Lipinski definition) is 1. The molecule has 0 fully saturated rings. The van der Waals surface area contributed by atoms with Gasteiger partial charge in [-0.25, -0.2) is 5.90 Å². The van der Waals surface area contributed by atoms with E-state index < -0.39 is 5.60 Å². The van der Waals surface area contributed by atoms with Crippen molar-refractivity contribution in [3.05, 3.63) is 11.8 Å². The van der Waals surface area contributed by atoms with Crippen LogP contribution in [-0.4, -0.2) is 11.8 Å². The molecule has 0 saturated carbocycles. The van der Waals surface area contributed by atoms with Crippen LogP contribution in [0.5, 0.6) is 0 Å². The van der Waals surface area contributed by atoms with E-state index in [1.54, 1.807) is 12.4 Å². The Morgan fingerprint density at radius 3 is 2.36 bits per heavy atom. The van der Waals surface area contributed by atoms with Crippen LogP contribution in [0.25, 0.3) is 0 Å². The van der Waals surface area contributed by atoms with Gasteiger partial charge in [-0.1, -0.05) is 5.57 Å². The fourth-order valence-corrected chi connectivity index (χ4v) is 0.396. The zero-order valence-electron chi connectivity index (χ0n) is 7.59. The zero-order valence-corrected chi connectivity index (χ0v) is 7.59. The first-order valence-corrected chi connectivity index (χ1v) is 3.53. The summed E-state index contributed by atoms with van der Waals surface area (Å²) < 4.78 is 0. The summed E-state index contributed by atoms with van der Waals surface area (Å²) in [5.41, 5.74) is 0.667. The van der Waals surface area contributed by atoms with E-state index in [1.807, 2.05) is 27.7 Å². The summed E-state index contributed by atoms with van der Waals surface area (Å²) in [5, 5.41) is 0. The number of rotatable bonds is 3. The molecule has 0 radical (unpaired) electrons. The van der Waals surface area contributed by atoms with Gasteiger partial charge in [-0.05, 0) is 27.7 Å². The second-order valence-corrected chi connectivity index (χ2v) is 3.21. The largest absolute Gasteiger partial charge is 0.293 e. The molecule has 11 heavy (non-hydrogen) atoms. The molecule has 64 valence electrons. The fraction of sp³-hybridized carbons (Fsp3) is 0.625. The predicted octanol–water partition coefficient (Wildman–Crippen LogP) is 1.65. The standard InChI is InChI=1S/C8H16N2O/c1-7(2)5-10-6-8(3,4)11-9/h5-6H,9H2,1-4H3/b10-6-. The van der Waals surface area contributed by atoms with Crippen LogP contribution < -0.4 is 5.90 Å². The first kappa shape index (κ1) is 10.3. The van der Waals surface area contributed by atoms with Crippen LogP contribution in [0, 0.1) is 0 Å². The van der Waals surface area contributed by atoms with E-state index in [4.69, 9.17) is 5.90 Å². The highest BCUT2D eigenvalue weighted by molar-refractivity contribution is 5.68. The molecule has 3 heteroatoms. The molecule has 0 aromatic carbocycles. The van der Waals surface area contributed by atoms with Gasteiger partial charge in [0.2, 0.25) is 0 Å². The highest BCUT2D eigenvalue weighted by atomic mass is 16.6. The van der Waals surface area contributed by atoms with Gasteiger partial charge in [-0.2, -0.15) is 0 Å². The second-order valence-electron chi connectivity index (χ2n) is 3.21. The van der Waals surface area contributed by atoms with Gasteiger partial charge in [0.05, 0.1) is 0 Å². The van der Waals surface area contributed by atoms with Gasteiger partial charge in [0, 0.05) is 12.4 Å². The van der Waals surface area contributed by atoms with Crippen LogP contribution in [-0.2, 0) is 4.84 Å². The number of aliphatic imine (C=N–C) groups is 1. The van der Waals surface area contributed by atoms with Crippen LogP contribution in [0.3, 0.4) is 0 Å². The lowest BCUT2D eigenvalue weighted by Gasteiger charge is -2.14. The Labute approximate surface area is 67.9 Å². The smallest absolute Gasteiger partial charge is 0.119 e. The number of hydrogen-bond acceptors (Lipinski definition) is 3. The van der Waals surface area contributed by atoms with Gasteiger partial charge in [-0.3, -0.25) is 9.83 Å². The third-order valence-corrected chi connectivity index (χ3v) is 1.02. The highest BCUT2D eigenvalue weighted by Gasteiger charge is 2.12. The maximum absolute atomic E-state index is 5.01. The molecule has 0 amide bonds. The average molecular weight is 156 g/mol. The van der Waals surface area contributed by atoms with Crippen molar-refractivity contribution in [2.24, 2.45) is 10.9 Å². The summed E-state index contributed by atoms with van der Waals surface area (Å²) in [6, 6.07) is 0. The summed E-state index contributed by atoms with van der Waals surface area (Å²) in [6.07, 6.45) is 3.43. The third-order valence-electron chi connectivity index (χ3n) is 1.02. The molecule has 0 spiro atoms. The van der Waals surface area contributed by atoms with E-state index in [0.29, 0.717) is 0 Å². The minimum Gasteiger partial charge on any atom is -0.293 e. The molecule has 0 aromatic heterocycles. The molecule has 0 aromatic rings. The Hall–Kier alpha value is -0.670. The van der Waals surface area contributed by atoms with Crippen molar-refractivity contribution in [1.29, 1.82) is 0 Å². The summed E-state index contributed by atoms with van der Waals surface area (Å²) in [5.74, 6) is 5.01. The monoisotopic (exact) mass is 156 g/mol. The third kappa shape index (κ3) is 5.76. The van der Waals surface area contributed by atoms with Gasteiger partial charge in [0.15, 0.2) is 0 Å². The molecule has 0 aliphatic carbocycles. The van der Waals surface area contributed by atoms with Crippen LogP contribution in [0.15, 0.2) is 16.8 Å². The van der Waals surface area contributed by atoms with Crippen molar-refractivity contribution < 1.29 is 4.84 Å². The van der Waals surface area contributed by atoms with Gasteiger partial charge < -0.3 is 0 Å². The summed E-state index contributed by atoms with van der Waals surface area (Å²) in [4.78, 5) is 8.66. The molecule has 0 unspecified atom stereocenters. The first-order chi connectivity index (χ1) is 4.98. The van der Waals surface area contributed by atoms with Gasteiger partial charge >= 0.3 is 0 Å². The van der Waals surface area contributed by atoms with Crippen LogP contribution >= 0.6 is 0 Å². The van der Waals surface area contributed by atoms with E-state index in [9.17, 15) is 0 Å². The molecule has 0 atom stereocenters. The van der Waals surface area contributed by atoms with Crippen molar-refractivity contribution in [3.8, 4) is 0 Å². The Morgan fingerprint density at radius 1 is 1.45 bits per heavy atom. The molecule has 0 bridgehead atoms. The van der Waals surface area contributed by atoms with Crippen molar-refractivity contribution in [3.63, 3.8) is 0 Å². The Morgan fingerprint density at radius 2 is 2.00 bits per heavy atom. The topological polar surface area (TPSA) is 47.6 Å². The van der Waals surface area contributed by atoms with E-state index in [-0.39, 0.29) is 0 Å². The maximum Gasteiger partial charge on any atom is 0.119 e. The molecule has 0 rings (SSSR count). The lowest BCUT2D eigenvalue weighted by Crippen LogP contribution is -2.29. The van der Waals surface area contributed by atoms with Gasteiger partial charge in [0.25, 0.3) is 0 Å².